The molecule has 7 nitrogen and oxygen atoms in total. The number of ether oxygens (including phenoxy) is 1. The van der Waals surface area contributed by atoms with Crippen LogP contribution in [0.3, 0.4) is 0 Å². The van der Waals surface area contributed by atoms with Gasteiger partial charge < -0.3 is 20.5 Å². The number of benzene rings is 2. The number of alkyl carbamates (subject to hydrolysis) is 1. The van der Waals surface area contributed by atoms with Crippen LogP contribution in [-0.2, 0) is 14.3 Å². The number of aliphatic carboxylic acids is 1. The molecule has 2 aromatic carbocycles. The van der Waals surface area contributed by atoms with Gasteiger partial charge in [-0.25, -0.2) is 4.79 Å². The Balaban J connectivity index is 1.36. The summed E-state index contributed by atoms with van der Waals surface area (Å²) in [6.07, 6.45) is 1.66. The van der Waals surface area contributed by atoms with E-state index < -0.39 is 30.1 Å². The first-order valence-corrected chi connectivity index (χ1v) is 11.1. The highest BCUT2D eigenvalue weighted by Gasteiger charge is 2.35. The SMILES string of the molecule is CCC(NC(=O)OCC1c2ccccc2-c2ccccc21)C(=O)N[C@H]1CCC[C@H]1C(=O)O. The smallest absolute Gasteiger partial charge is 0.407 e. The molecule has 3 N–H and O–H groups in total. The molecular weight excluding hydrogens is 408 g/mol. The minimum absolute atomic E-state index is 0.0585. The van der Waals surface area contributed by atoms with Gasteiger partial charge in [0.15, 0.2) is 0 Å². The van der Waals surface area contributed by atoms with E-state index in [4.69, 9.17) is 4.74 Å². The van der Waals surface area contributed by atoms with Gasteiger partial charge in [-0.2, -0.15) is 0 Å². The van der Waals surface area contributed by atoms with Crippen molar-refractivity contribution in [3.8, 4) is 11.1 Å². The first kappa shape index (κ1) is 21.9. The van der Waals surface area contributed by atoms with Crippen molar-refractivity contribution in [2.24, 2.45) is 5.92 Å². The molecule has 1 fully saturated rings. The molecule has 3 atom stereocenters. The van der Waals surface area contributed by atoms with Crippen molar-refractivity contribution in [2.75, 3.05) is 6.61 Å². The number of fused-ring (bicyclic) bond motifs is 3. The van der Waals surface area contributed by atoms with Gasteiger partial charge in [0, 0.05) is 12.0 Å². The van der Waals surface area contributed by atoms with Crippen LogP contribution in [0.4, 0.5) is 4.79 Å². The third kappa shape index (κ3) is 4.33. The monoisotopic (exact) mass is 436 g/mol. The van der Waals surface area contributed by atoms with Crippen LogP contribution in [0.25, 0.3) is 11.1 Å². The minimum Gasteiger partial charge on any atom is -0.481 e. The van der Waals surface area contributed by atoms with E-state index in [1.54, 1.807) is 6.92 Å². The third-order valence-corrected chi connectivity index (χ3v) is 6.52. The summed E-state index contributed by atoms with van der Waals surface area (Å²) in [6, 6.07) is 15.0. The molecule has 1 saturated carbocycles. The molecule has 4 rings (SSSR count). The first-order valence-electron chi connectivity index (χ1n) is 11.1. The average molecular weight is 437 g/mol. The Hall–Kier alpha value is -3.35. The summed E-state index contributed by atoms with van der Waals surface area (Å²) in [4.78, 5) is 36.5. The quantitative estimate of drug-likeness (QED) is 0.614. The second kappa shape index (κ2) is 9.42. The van der Waals surface area contributed by atoms with E-state index in [2.05, 4.69) is 22.8 Å². The van der Waals surface area contributed by atoms with Crippen molar-refractivity contribution >= 4 is 18.0 Å². The Labute approximate surface area is 187 Å². The Bertz CT molecular complexity index is 975. The number of hydrogen-bond acceptors (Lipinski definition) is 4. The number of carbonyl (C=O) groups excluding carboxylic acids is 2. The van der Waals surface area contributed by atoms with Crippen molar-refractivity contribution in [3.05, 3.63) is 59.7 Å². The fourth-order valence-corrected chi connectivity index (χ4v) is 4.85. The number of rotatable bonds is 7. The molecule has 7 heteroatoms. The fraction of sp³-hybridized carbons (Fsp3) is 0.400. The van der Waals surface area contributed by atoms with Crippen LogP contribution in [0.5, 0.6) is 0 Å². The predicted molar refractivity (Wildman–Crippen MR) is 119 cm³/mol. The molecule has 0 heterocycles. The number of carboxylic acids is 1. The third-order valence-electron chi connectivity index (χ3n) is 6.52. The zero-order chi connectivity index (χ0) is 22.7. The zero-order valence-electron chi connectivity index (χ0n) is 18.0. The highest BCUT2D eigenvalue weighted by Crippen LogP contribution is 2.44. The summed E-state index contributed by atoms with van der Waals surface area (Å²) in [6.45, 7) is 1.96. The van der Waals surface area contributed by atoms with E-state index in [1.807, 2.05) is 36.4 Å². The highest BCUT2D eigenvalue weighted by molar-refractivity contribution is 5.86. The molecule has 2 amide bonds. The van der Waals surface area contributed by atoms with Crippen LogP contribution in [0.1, 0.15) is 49.7 Å². The normalized spacial score (nSPS) is 20.2. The number of hydrogen-bond donors (Lipinski definition) is 3. The van der Waals surface area contributed by atoms with E-state index in [9.17, 15) is 19.5 Å². The van der Waals surface area contributed by atoms with Crippen molar-refractivity contribution in [3.63, 3.8) is 0 Å². The summed E-state index contributed by atoms with van der Waals surface area (Å²) in [5, 5.41) is 14.7. The molecule has 2 aliphatic carbocycles. The second-order valence-corrected chi connectivity index (χ2v) is 8.42. The second-order valence-electron chi connectivity index (χ2n) is 8.42. The maximum atomic E-state index is 12.6. The van der Waals surface area contributed by atoms with Gasteiger partial charge in [0.05, 0.1) is 5.92 Å². The number of carboxylic acid groups (broad SMARTS) is 1. The lowest BCUT2D eigenvalue weighted by atomic mass is 9.98. The summed E-state index contributed by atoms with van der Waals surface area (Å²) < 4.78 is 5.53. The number of carbonyl (C=O) groups is 3. The van der Waals surface area contributed by atoms with Gasteiger partial charge >= 0.3 is 12.1 Å². The van der Waals surface area contributed by atoms with E-state index in [0.29, 0.717) is 19.3 Å². The van der Waals surface area contributed by atoms with Crippen molar-refractivity contribution < 1.29 is 24.2 Å². The molecule has 168 valence electrons. The van der Waals surface area contributed by atoms with Crippen molar-refractivity contribution in [2.45, 2.75) is 50.6 Å². The van der Waals surface area contributed by atoms with Crippen LogP contribution >= 0.6 is 0 Å². The number of nitrogens with one attached hydrogen (secondary N) is 2. The zero-order valence-corrected chi connectivity index (χ0v) is 18.0. The molecule has 0 saturated heterocycles. The molecule has 32 heavy (non-hydrogen) atoms. The van der Waals surface area contributed by atoms with Crippen LogP contribution in [0.15, 0.2) is 48.5 Å². The summed E-state index contributed by atoms with van der Waals surface area (Å²) >= 11 is 0. The Morgan fingerprint density at radius 2 is 1.66 bits per heavy atom. The van der Waals surface area contributed by atoms with Crippen LogP contribution < -0.4 is 10.6 Å². The molecule has 0 bridgehead atoms. The summed E-state index contributed by atoms with van der Waals surface area (Å²) in [5.41, 5.74) is 4.53. The van der Waals surface area contributed by atoms with Gasteiger partial charge in [-0.1, -0.05) is 61.9 Å². The maximum Gasteiger partial charge on any atom is 0.407 e. The molecule has 0 aliphatic heterocycles. The van der Waals surface area contributed by atoms with Crippen LogP contribution in [0.2, 0.25) is 0 Å². The lowest BCUT2D eigenvalue weighted by molar-refractivity contribution is -0.142. The van der Waals surface area contributed by atoms with Gasteiger partial charge in [-0.05, 0) is 41.5 Å². The molecule has 1 unspecified atom stereocenters. The Morgan fingerprint density at radius 1 is 1.03 bits per heavy atom. The lowest BCUT2D eigenvalue weighted by Crippen LogP contribution is -2.51. The minimum atomic E-state index is -0.898. The molecule has 0 spiro atoms. The lowest BCUT2D eigenvalue weighted by Gasteiger charge is -2.22. The number of amides is 2. The standard InChI is InChI=1S/C25H28N2O5/c1-2-21(23(28)26-22-13-7-12-19(22)24(29)30)27-25(31)32-14-20-17-10-5-3-8-15(17)16-9-4-6-11-18(16)20/h3-6,8-11,19-22H,2,7,12-14H2,1H3,(H,26,28)(H,27,31)(H,29,30)/t19-,21?,22+/m1/s1. The topological polar surface area (TPSA) is 105 Å². The summed E-state index contributed by atoms with van der Waals surface area (Å²) in [7, 11) is 0. The summed E-state index contributed by atoms with van der Waals surface area (Å²) in [5.74, 6) is -1.91. The molecule has 0 aromatic heterocycles. The van der Waals surface area contributed by atoms with Gasteiger partial charge in [0.1, 0.15) is 12.6 Å². The van der Waals surface area contributed by atoms with E-state index >= 15 is 0 Å². The molecule has 0 radical (unpaired) electrons. The van der Waals surface area contributed by atoms with E-state index in [-0.39, 0.29) is 18.4 Å². The Morgan fingerprint density at radius 3 is 2.25 bits per heavy atom. The van der Waals surface area contributed by atoms with E-state index in [0.717, 1.165) is 28.7 Å². The first-order chi connectivity index (χ1) is 15.5. The van der Waals surface area contributed by atoms with Gasteiger partial charge in [0.2, 0.25) is 5.91 Å². The van der Waals surface area contributed by atoms with Gasteiger partial charge in [-0.3, -0.25) is 9.59 Å². The van der Waals surface area contributed by atoms with Crippen LogP contribution in [0, 0.1) is 5.92 Å². The average Bonchev–Trinajstić information content (AvgIpc) is 3.38. The van der Waals surface area contributed by atoms with Gasteiger partial charge in [0.25, 0.3) is 0 Å². The van der Waals surface area contributed by atoms with Crippen molar-refractivity contribution in [1.29, 1.82) is 0 Å². The maximum absolute atomic E-state index is 12.6. The van der Waals surface area contributed by atoms with E-state index in [1.165, 1.54) is 0 Å². The molecule has 2 aliphatic rings. The molecular formula is C25H28N2O5. The largest absolute Gasteiger partial charge is 0.481 e. The fourth-order valence-electron chi connectivity index (χ4n) is 4.85. The Kier molecular flexibility index (Phi) is 6.44. The highest BCUT2D eigenvalue weighted by atomic mass is 16.5. The van der Waals surface area contributed by atoms with Crippen LogP contribution in [-0.4, -0.2) is 41.8 Å². The molecule has 2 aromatic rings. The predicted octanol–water partition coefficient (Wildman–Crippen LogP) is 3.67. The van der Waals surface area contributed by atoms with Gasteiger partial charge in [-0.15, -0.1) is 0 Å². The van der Waals surface area contributed by atoms with Crippen molar-refractivity contribution in [1.82, 2.24) is 10.6 Å².